The van der Waals surface area contributed by atoms with Crippen LogP contribution in [-0.4, -0.2) is 27.5 Å². The van der Waals surface area contributed by atoms with Gasteiger partial charge in [-0.1, -0.05) is 0 Å². The van der Waals surface area contributed by atoms with Crippen LogP contribution in [0.1, 0.15) is 12.0 Å². The predicted molar refractivity (Wildman–Crippen MR) is 86.3 cm³/mol. The van der Waals surface area contributed by atoms with Gasteiger partial charge < -0.3 is 15.0 Å². The SMILES string of the molecule is NC(=S)NN=Cc1ccc(OCCCn2ccnc2)cc1. The molecule has 0 radical (unpaired) electrons. The predicted octanol–water partition coefficient (Wildman–Crippen LogP) is 1.52. The monoisotopic (exact) mass is 303 g/mol. The first-order valence-corrected chi connectivity index (χ1v) is 6.92. The Morgan fingerprint density at radius 1 is 1.43 bits per heavy atom. The summed E-state index contributed by atoms with van der Waals surface area (Å²) in [6.07, 6.45) is 8.08. The fourth-order valence-corrected chi connectivity index (χ4v) is 1.73. The lowest BCUT2D eigenvalue weighted by Gasteiger charge is -2.06. The van der Waals surface area contributed by atoms with Crippen LogP contribution >= 0.6 is 12.2 Å². The van der Waals surface area contributed by atoms with Crippen molar-refractivity contribution in [3.05, 3.63) is 48.5 Å². The molecule has 0 aliphatic carbocycles. The van der Waals surface area contributed by atoms with Gasteiger partial charge in [0.2, 0.25) is 0 Å². The number of ether oxygens (including phenoxy) is 1. The zero-order valence-electron chi connectivity index (χ0n) is 11.5. The molecule has 0 spiro atoms. The molecule has 0 saturated carbocycles. The third-order valence-corrected chi connectivity index (χ3v) is 2.75. The molecule has 0 aliphatic heterocycles. The van der Waals surface area contributed by atoms with E-state index in [2.05, 4.69) is 27.7 Å². The molecule has 110 valence electrons. The molecule has 0 saturated heterocycles. The van der Waals surface area contributed by atoms with Gasteiger partial charge in [0.15, 0.2) is 5.11 Å². The molecule has 6 nitrogen and oxygen atoms in total. The first-order chi connectivity index (χ1) is 10.2. The number of hydrazone groups is 1. The van der Waals surface area contributed by atoms with Gasteiger partial charge in [0.25, 0.3) is 0 Å². The lowest BCUT2D eigenvalue weighted by Crippen LogP contribution is -2.23. The van der Waals surface area contributed by atoms with Crippen molar-refractivity contribution in [2.24, 2.45) is 10.8 Å². The minimum atomic E-state index is 0.143. The second kappa shape index (κ2) is 8.01. The summed E-state index contributed by atoms with van der Waals surface area (Å²) < 4.78 is 7.69. The van der Waals surface area contributed by atoms with E-state index in [1.165, 1.54) is 0 Å². The highest BCUT2D eigenvalue weighted by atomic mass is 32.1. The molecular formula is C14H17N5OS. The minimum Gasteiger partial charge on any atom is -0.494 e. The molecule has 0 aliphatic rings. The Balaban J connectivity index is 1.72. The smallest absolute Gasteiger partial charge is 0.184 e. The van der Waals surface area contributed by atoms with Gasteiger partial charge in [-0.25, -0.2) is 4.98 Å². The molecule has 1 aromatic carbocycles. The molecule has 0 fully saturated rings. The summed E-state index contributed by atoms with van der Waals surface area (Å²) in [4.78, 5) is 3.99. The number of rotatable bonds is 7. The maximum Gasteiger partial charge on any atom is 0.184 e. The maximum atomic E-state index is 5.67. The summed E-state index contributed by atoms with van der Waals surface area (Å²) in [5.74, 6) is 0.833. The molecule has 2 rings (SSSR count). The fourth-order valence-electron chi connectivity index (χ4n) is 1.68. The standard InChI is InChI=1S/C14H17N5OS/c15-14(21)18-17-10-12-2-4-13(5-3-12)20-9-1-7-19-8-6-16-11-19/h2-6,8,10-11H,1,7,9H2,(H3,15,18,21). The Hall–Kier alpha value is -2.41. The van der Waals surface area contributed by atoms with Crippen LogP contribution < -0.4 is 15.9 Å². The van der Waals surface area contributed by atoms with E-state index >= 15 is 0 Å². The minimum absolute atomic E-state index is 0.143. The van der Waals surface area contributed by atoms with Crippen LogP contribution in [0.3, 0.4) is 0 Å². The lowest BCUT2D eigenvalue weighted by atomic mass is 10.2. The Bertz CT molecular complexity index is 580. The summed E-state index contributed by atoms with van der Waals surface area (Å²) in [6.45, 7) is 1.56. The maximum absolute atomic E-state index is 5.67. The van der Waals surface area contributed by atoms with Gasteiger partial charge in [0, 0.05) is 18.9 Å². The summed E-state index contributed by atoms with van der Waals surface area (Å²) in [5.41, 5.74) is 8.70. The van der Waals surface area contributed by atoms with Crippen molar-refractivity contribution < 1.29 is 4.74 Å². The normalized spacial score (nSPS) is 10.7. The van der Waals surface area contributed by atoms with Gasteiger partial charge in [-0.2, -0.15) is 5.10 Å². The number of imidazole rings is 1. The largest absolute Gasteiger partial charge is 0.494 e. The summed E-state index contributed by atoms with van der Waals surface area (Å²) in [6, 6.07) is 7.63. The molecule has 0 atom stereocenters. The number of aromatic nitrogens is 2. The Morgan fingerprint density at radius 3 is 2.90 bits per heavy atom. The van der Waals surface area contributed by atoms with Gasteiger partial charge in [0.05, 0.1) is 19.1 Å². The van der Waals surface area contributed by atoms with Crippen LogP contribution in [0.15, 0.2) is 48.1 Å². The molecular weight excluding hydrogens is 286 g/mol. The van der Waals surface area contributed by atoms with Gasteiger partial charge in [-0.3, -0.25) is 5.43 Å². The Kier molecular flexibility index (Phi) is 5.71. The second-order valence-corrected chi connectivity index (χ2v) is 4.75. The number of aryl methyl sites for hydroxylation is 1. The van der Waals surface area contributed by atoms with Crippen LogP contribution in [0, 0.1) is 0 Å². The van der Waals surface area contributed by atoms with Crippen LogP contribution in [-0.2, 0) is 6.54 Å². The molecule has 0 amide bonds. The number of hydrogen-bond acceptors (Lipinski definition) is 4. The molecule has 7 heteroatoms. The Morgan fingerprint density at radius 2 is 2.24 bits per heavy atom. The van der Waals surface area contributed by atoms with Gasteiger partial charge in [0.1, 0.15) is 5.75 Å². The molecule has 1 aromatic heterocycles. The number of nitrogens with one attached hydrogen (secondary N) is 1. The first kappa shape index (κ1) is 15.0. The van der Waals surface area contributed by atoms with Crippen molar-refractivity contribution in [3.8, 4) is 5.75 Å². The zero-order chi connectivity index (χ0) is 14.9. The van der Waals surface area contributed by atoms with Crippen LogP contribution in [0.25, 0.3) is 0 Å². The van der Waals surface area contributed by atoms with Crippen molar-refractivity contribution in [2.75, 3.05) is 6.61 Å². The second-order valence-electron chi connectivity index (χ2n) is 4.31. The molecule has 0 bridgehead atoms. The highest BCUT2D eigenvalue weighted by Gasteiger charge is 1.95. The lowest BCUT2D eigenvalue weighted by molar-refractivity contribution is 0.302. The van der Waals surface area contributed by atoms with Crippen molar-refractivity contribution >= 4 is 23.5 Å². The number of nitrogens with two attached hydrogens (primary N) is 1. The van der Waals surface area contributed by atoms with Crippen molar-refractivity contribution in [1.82, 2.24) is 15.0 Å². The molecule has 21 heavy (non-hydrogen) atoms. The van der Waals surface area contributed by atoms with Gasteiger partial charge in [-0.05, 0) is 48.5 Å². The average molecular weight is 303 g/mol. The zero-order valence-corrected chi connectivity index (χ0v) is 12.3. The van der Waals surface area contributed by atoms with E-state index in [4.69, 9.17) is 10.5 Å². The highest BCUT2D eigenvalue weighted by molar-refractivity contribution is 7.80. The molecule has 0 unspecified atom stereocenters. The van der Waals surface area contributed by atoms with Crippen LogP contribution in [0.5, 0.6) is 5.75 Å². The summed E-state index contributed by atoms with van der Waals surface area (Å²) in [7, 11) is 0. The third kappa shape index (κ3) is 5.62. The van der Waals surface area contributed by atoms with Crippen LogP contribution in [0.2, 0.25) is 0 Å². The van der Waals surface area contributed by atoms with Crippen LogP contribution in [0.4, 0.5) is 0 Å². The molecule has 3 N–H and O–H groups in total. The van der Waals surface area contributed by atoms with E-state index in [0.717, 1.165) is 24.3 Å². The molecule has 1 heterocycles. The van der Waals surface area contributed by atoms with E-state index in [1.54, 1.807) is 18.7 Å². The van der Waals surface area contributed by atoms with Gasteiger partial charge in [-0.15, -0.1) is 0 Å². The number of thiocarbonyl (C=S) groups is 1. The van der Waals surface area contributed by atoms with E-state index in [1.807, 2.05) is 35.0 Å². The first-order valence-electron chi connectivity index (χ1n) is 6.51. The van der Waals surface area contributed by atoms with Crippen molar-refractivity contribution in [1.29, 1.82) is 0 Å². The quantitative estimate of drug-likeness (QED) is 0.351. The summed E-state index contributed by atoms with van der Waals surface area (Å²) >= 11 is 4.65. The average Bonchev–Trinajstić information content (AvgIpc) is 2.98. The molecule has 2 aromatic rings. The van der Waals surface area contributed by atoms with E-state index in [9.17, 15) is 0 Å². The number of hydrogen-bond donors (Lipinski definition) is 2. The van der Waals surface area contributed by atoms with E-state index in [-0.39, 0.29) is 5.11 Å². The number of benzene rings is 1. The number of nitrogens with zero attached hydrogens (tertiary/aromatic N) is 3. The Labute approximate surface area is 128 Å². The van der Waals surface area contributed by atoms with Crippen molar-refractivity contribution in [2.45, 2.75) is 13.0 Å². The summed E-state index contributed by atoms with van der Waals surface area (Å²) in [5, 5.41) is 4.03. The topological polar surface area (TPSA) is 77.5 Å². The van der Waals surface area contributed by atoms with Crippen molar-refractivity contribution in [3.63, 3.8) is 0 Å². The van der Waals surface area contributed by atoms with E-state index in [0.29, 0.717) is 6.61 Å². The highest BCUT2D eigenvalue weighted by Crippen LogP contribution is 2.11. The third-order valence-electron chi connectivity index (χ3n) is 2.66. The van der Waals surface area contributed by atoms with Gasteiger partial charge >= 0.3 is 0 Å². The fraction of sp³-hybridized carbons (Fsp3) is 0.214. The van der Waals surface area contributed by atoms with E-state index < -0.39 is 0 Å².